The van der Waals surface area contributed by atoms with Crippen molar-refractivity contribution in [1.82, 2.24) is 5.32 Å². The van der Waals surface area contributed by atoms with Gasteiger partial charge < -0.3 is 19.9 Å². The summed E-state index contributed by atoms with van der Waals surface area (Å²) >= 11 is 0. The molecule has 1 aliphatic carbocycles. The molecule has 138 valence electrons. The van der Waals surface area contributed by atoms with Crippen LogP contribution in [-0.4, -0.2) is 36.4 Å². The van der Waals surface area contributed by atoms with Gasteiger partial charge in [-0.3, -0.25) is 4.79 Å². The van der Waals surface area contributed by atoms with Crippen LogP contribution in [0.4, 0.5) is 8.78 Å². The van der Waals surface area contributed by atoms with Crippen molar-refractivity contribution in [3.8, 4) is 11.5 Å². The Morgan fingerprint density at radius 2 is 2.04 bits per heavy atom. The highest BCUT2D eigenvalue weighted by atomic mass is 19.3. The first-order chi connectivity index (χ1) is 12.0. The molecule has 0 unspecified atom stereocenters. The second kappa shape index (κ2) is 9.36. The van der Waals surface area contributed by atoms with Crippen molar-refractivity contribution in [3.05, 3.63) is 29.8 Å². The van der Waals surface area contributed by atoms with Crippen LogP contribution in [0, 0.1) is 0 Å². The number of benzene rings is 1. The standard InChI is InChI=1S/C18H23F2NO4/c1-2-24-16-11-12(3-9-15(16)25-18(19)20)4-10-17(23)21-13-5-7-14(22)8-6-13/h3-4,9-11,13-14,18,22H,2,5-8H2,1H3,(H,21,23). The number of nitrogens with one attached hydrogen (secondary N) is 1. The quantitative estimate of drug-likeness (QED) is 0.738. The molecule has 0 saturated heterocycles. The van der Waals surface area contributed by atoms with Crippen LogP contribution in [0.5, 0.6) is 11.5 Å². The van der Waals surface area contributed by atoms with Gasteiger partial charge in [0.2, 0.25) is 5.91 Å². The van der Waals surface area contributed by atoms with Gasteiger partial charge in [0.25, 0.3) is 0 Å². The van der Waals surface area contributed by atoms with Gasteiger partial charge in [-0.2, -0.15) is 8.78 Å². The molecule has 7 heteroatoms. The zero-order valence-electron chi connectivity index (χ0n) is 14.1. The van der Waals surface area contributed by atoms with Gasteiger partial charge in [0, 0.05) is 12.1 Å². The van der Waals surface area contributed by atoms with Crippen LogP contribution in [0.25, 0.3) is 6.08 Å². The first-order valence-electron chi connectivity index (χ1n) is 8.36. The summed E-state index contributed by atoms with van der Waals surface area (Å²) in [6, 6.07) is 4.57. The second-order valence-corrected chi connectivity index (χ2v) is 5.87. The number of hydrogen-bond acceptors (Lipinski definition) is 4. The van der Waals surface area contributed by atoms with Gasteiger partial charge in [0.05, 0.1) is 12.7 Å². The minimum Gasteiger partial charge on any atom is -0.490 e. The zero-order valence-corrected chi connectivity index (χ0v) is 14.1. The molecule has 0 atom stereocenters. The molecule has 2 rings (SSSR count). The van der Waals surface area contributed by atoms with E-state index in [1.807, 2.05) is 0 Å². The number of ether oxygens (including phenoxy) is 2. The lowest BCUT2D eigenvalue weighted by atomic mass is 9.93. The lowest BCUT2D eigenvalue weighted by Crippen LogP contribution is -2.37. The second-order valence-electron chi connectivity index (χ2n) is 5.87. The van der Waals surface area contributed by atoms with Gasteiger partial charge in [0.15, 0.2) is 11.5 Å². The Morgan fingerprint density at radius 3 is 2.68 bits per heavy atom. The van der Waals surface area contributed by atoms with Crippen molar-refractivity contribution in [2.45, 2.75) is 51.4 Å². The molecule has 0 aliphatic heterocycles. The first kappa shape index (κ1) is 19.2. The largest absolute Gasteiger partial charge is 0.490 e. The maximum absolute atomic E-state index is 12.4. The predicted octanol–water partition coefficient (Wildman–Crippen LogP) is 3.12. The lowest BCUT2D eigenvalue weighted by molar-refractivity contribution is -0.117. The number of rotatable bonds is 7. The molecule has 0 aromatic heterocycles. The van der Waals surface area contributed by atoms with Crippen LogP contribution in [0.2, 0.25) is 0 Å². The summed E-state index contributed by atoms with van der Waals surface area (Å²) in [6.07, 6.45) is 5.61. The van der Waals surface area contributed by atoms with Gasteiger partial charge in [-0.15, -0.1) is 0 Å². The molecule has 0 spiro atoms. The maximum Gasteiger partial charge on any atom is 0.387 e. The SMILES string of the molecule is CCOc1cc(C=CC(=O)NC2CCC(O)CC2)ccc1OC(F)F. The van der Waals surface area contributed by atoms with E-state index in [1.54, 1.807) is 25.1 Å². The molecule has 5 nitrogen and oxygen atoms in total. The molecule has 1 aromatic carbocycles. The fourth-order valence-electron chi connectivity index (χ4n) is 2.73. The summed E-state index contributed by atoms with van der Waals surface area (Å²) in [7, 11) is 0. The molecule has 0 heterocycles. The van der Waals surface area contributed by atoms with E-state index in [9.17, 15) is 18.7 Å². The number of carbonyl (C=O) groups excluding carboxylic acids is 1. The summed E-state index contributed by atoms with van der Waals surface area (Å²) in [5.74, 6) is -0.0712. The van der Waals surface area contributed by atoms with Crippen LogP contribution in [0.3, 0.4) is 0 Å². The average molecular weight is 355 g/mol. The number of aliphatic hydroxyl groups excluding tert-OH is 1. The van der Waals surface area contributed by atoms with E-state index in [2.05, 4.69) is 10.1 Å². The van der Waals surface area contributed by atoms with Crippen molar-refractivity contribution in [1.29, 1.82) is 0 Å². The third-order valence-corrected chi connectivity index (χ3v) is 3.95. The molecular formula is C18H23F2NO4. The van der Waals surface area contributed by atoms with Crippen molar-refractivity contribution in [2.24, 2.45) is 0 Å². The smallest absolute Gasteiger partial charge is 0.387 e. The Morgan fingerprint density at radius 1 is 1.32 bits per heavy atom. The number of hydrogen-bond donors (Lipinski definition) is 2. The molecule has 1 saturated carbocycles. The Kier molecular flexibility index (Phi) is 7.18. The highest BCUT2D eigenvalue weighted by Gasteiger charge is 2.20. The minimum atomic E-state index is -2.93. The molecule has 0 radical (unpaired) electrons. The molecular weight excluding hydrogens is 332 g/mol. The van der Waals surface area contributed by atoms with Crippen LogP contribution in [0.1, 0.15) is 38.2 Å². The Balaban J connectivity index is 1.97. The van der Waals surface area contributed by atoms with Crippen molar-refractivity contribution in [2.75, 3.05) is 6.61 Å². The van der Waals surface area contributed by atoms with E-state index in [0.717, 1.165) is 12.8 Å². The first-order valence-corrected chi connectivity index (χ1v) is 8.36. The number of alkyl halides is 2. The van der Waals surface area contributed by atoms with E-state index in [-0.39, 0.29) is 29.6 Å². The summed E-state index contributed by atoms with van der Waals surface area (Å²) in [4.78, 5) is 12.0. The zero-order chi connectivity index (χ0) is 18.2. The molecule has 0 bridgehead atoms. The molecule has 1 aliphatic rings. The Labute approximate surface area is 145 Å². The van der Waals surface area contributed by atoms with E-state index >= 15 is 0 Å². The van der Waals surface area contributed by atoms with Crippen molar-refractivity contribution < 1.29 is 28.2 Å². The monoisotopic (exact) mass is 355 g/mol. The summed E-state index contributed by atoms with van der Waals surface area (Å²) in [6.45, 7) is -0.885. The van der Waals surface area contributed by atoms with Crippen molar-refractivity contribution >= 4 is 12.0 Å². The molecule has 1 fully saturated rings. The lowest BCUT2D eigenvalue weighted by Gasteiger charge is -2.25. The third-order valence-electron chi connectivity index (χ3n) is 3.95. The summed E-state index contributed by atoms with van der Waals surface area (Å²) in [5, 5.41) is 12.4. The van der Waals surface area contributed by atoms with E-state index in [0.29, 0.717) is 25.0 Å². The highest BCUT2D eigenvalue weighted by molar-refractivity contribution is 5.92. The van der Waals surface area contributed by atoms with Gasteiger partial charge in [-0.05, 0) is 56.4 Å². The van der Waals surface area contributed by atoms with Gasteiger partial charge in [0.1, 0.15) is 0 Å². The van der Waals surface area contributed by atoms with Gasteiger partial charge >= 0.3 is 6.61 Å². The average Bonchev–Trinajstić information content (AvgIpc) is 2.57. The van der Waals surface area contributed by atoms with Gasteiger partial charge in [-0.25, -0.2) is 0 Å². The Hall–Kier alpha value is -2.15. The van der Waals surface area contributed by atoms with Gasteiger partial charge in [-0.1, -0.05) is 6.07 Å². The number of aliphatic hydroxyl groups is 1. The normalized spacial score (nSPS) is 20.7. The summed E-state index contributed by atoms with van der Waals surface area (Å²) < 4.78 is 34.5. The molecule has 1 amide bonds. The van der Waals surface area contributed by atoms with Crippen LogP contribution in [0.15, 0.2) is 24.3 Å². The number of carbonyl (C=O) groups is 1. The topological polar surface area (TPSA) is 67.8 Å². The van der Waals surface area contributed by atoms with Crippen LogP contribution >= 0.6 is 0 Å². The van der Waals surface area contributed by atoms with Crippen LogP contribution < -0.4 is 14.8 Å². The van der Waals surface area contributed by atoms with E-state index < -0.39 is 6.61 Å². The fourth-order valence-corrected chi connectivity index (χ4v) is 2.73. The number of amides is 1. The predicted molar refractivity (Wildman–Crippen MR) is 89.7 cm³/mol. The van der Waals surface area contributed by atoms with E-state index in [4.69, 9.17) is 4.74 Å². The molecule has 2 N–H and O–H groups in total. The fraction of sp³-hybridized carbons (Fsp3) is 0.500. The molecule has 25 heavy (non-hydrogen) atoms. The van der Waals surface area contributed by atoms with Crippen LogP contribution in [-0.2, 0) is 4.79 Å². The number of halogens is 2. The molecule has 1 aromatic rings. The highest BCUT2D eigenvalue weighted by Crippen LogP contribution is 2.30. The van der Waals surface area contributed by atoms with E-state index in [1.165, 1.54) is 12.1 Å². The Bertz CT molecular complexity index is 599. The van der Waals surface area contributed by atoms with Crippen molar-refractivity contribution in [3.63, 3.8) is 0 Å². The minimum absolute atomic E-state index is 0.0424. The summed E-state index contributed by atoms with van der Waals surface area (Å²) in [5.41, 5.74) is 0.638. The maximum atomic E-state index is 12.4. The third kappa shape index (κ3) is 6.34.